The topological polar surface area (TPSA) is 400 Å². The highest BCUT2D eigenvalue weighted by Crippen LogP contribution is 2.48. The summed E-state index contributed by atoms with van der Waals surface area (Å²) in [6.45, 7) is 15.3. The molecule has 8 aliphatic rings. The molecule has 5 aromatic rings. The van der Waals surface area contributed by atoms with Crippen LogP contribution in [0.1, 0.15) is 206 Å². The number of anilines is 1. The van der Waals surface area contributed by atoms with E-state index in [0.29, 0.717) is 89.4 Å². The monoisotopic (exact) mass is 1800 g/mol. The van der Waals surface area contributed by atoms with Crippen molar-refractivity contribution in [2.75, 3.05) is 36.2 Å². The third kappa shape index (κ3) is 24.4. The number of Topliss-reactive ketones (excluding diaryl/α,β-unsaturated/α-hetero) is 1. The first-order chi connectivity index (χ1) is 57.7. The lowest BCUT2D eigenvalue weighted by atomic mass is 9.92. The number of hydrogen-bond donors (Lipinski definition) is 8. The summed E-state index contributed by atoms with van der Waals surface area (Å²) in [4.78, 5) is 165. The summed E-state index contributed by atoms with van der Waals surface area (Å²) in [6, 6.07) is 10.8. The summed E-state index contributed by atoms with van der Waals surface area (Å²) in [5, 5.41) is 30.8. The molecule has 6 fully saturated rings. The molecule has 10 atom stereocenters. The maximum absolute atomic E-state index is 14.6. The van der Waals surface area contributed by atoms with Gasteiger partial charge in [0.2, 0.25) is 41.0 Å². The van der Waals surface area contributed by atoms with Gasteiger partial charge in [-0.05, 0) is 163 Å². The SMILES string of the molecule is C=[O+]C(=O)[C@@]12CC1/C=C\CCCCC[C@H](NC(=O)OC1CCCC1)C(=O)N1C[C@H](Oc3cc(C(=O)CBr)nc4c(SC)cccc34)C[C@H]1C(=O)N2.CC(C)(C)CC(=O)NC(N)=S.CSc1cccc2c(O[C@@H]3C[C@H]4C(=O)N[C@]5(C(=O)O)CC5/C=C\CCCCC[C@H](NC(=O)OC5CCCC5)C(=O)N4C3)cc(-c3csc(NC(=O)CC(C)(C)C)n3)nc12. The number of rotatable bonds is 18. The molecule has 4 aliphatic carbocycles. The number of pyridine rings is 2. The number of nitrogens with two attached hydrogens (primary N) is 1. The molecule has 3 aromatic heterocycles. The number of benzene rings is 2. The van der Waals surface area contributed by atoms with Gasteiger partial charge in [0.05, 0.1) is 39.9 Å². The average molecular weight is 1810 g/mol. The van der Waals surface area contributed by atoms with E-state index in [9.17, 15) is 57.8 Å². The third-order valence-corrected chi connectivity index (χ3v) is 25.6. The van der Waals surface area contributed by atoms with Gasteiger partial charge in [-0.25, -0.2) is 29.3 Å². The number of amides is 8. The van der Waals surface area contributed by atoms with Crippen LogP contribution < -0.4 is 47.1 Å². The van der Waals surface area contributed by atoms with Crippen molar-refractivity contribution in [1.29, 1.82) is 0 Å². The number of hydrogen-bond acceptors (Lipinski definition) is 22. The molecular weight excluding hydrogens is 1690 g/mol. The Labute approximate surface area is 731 Å². The van der Waals surface area contributed by atoms with E-state index in [1.807, 2.05) is 120 Å². The molecule has 13 rings (SSSR count). The van der Waals surface area contributed by atoms with Crippen molar-refractivity contribution in [2.24, 2.45) is 28.4 Å². The van der Waals surface area contributed by atoms with E-state index in [1.54, 1.807) is 12.1 Å². The number of halogens is 1. The zero-order valence-corrected chi connectivity index (χ0v) is 74.7. The number of allylic oxidation sites excluding steroid dienone is 2. The molecule has 0 radical (unpaired) electrons. The quantitative estimate of drug-likeness (QED) is 0.0101. The van der Waals surface area contributed by atoms with Gasteiger partial charge < -0.3 is 71.5 Å². The molecule has 121 heavy (non-hydrogen) atoms. The number of ether oxygens (including phenoxy) is 4. The fraction of sp³-hybridized carbons (Fsp3) is 0.563. The van der Waals surface area contributed by atoms with Crippen molar-refractivity contribution < 1.29 is 81.2 Å². The van der Waals surface area contributed by atoms with Gasteiger partial charge in [0, 0.05) is 75.6 Å². The highest BCUT2D eigenvalue weighted by Gasteiger charge is 2.68. The Kier molecular flexibility index (Phi) is 31.7. The van der Waals surface area contributed by atoms with E-state index in [-0.39, 0.29) is 101 Å². The predicted octanol–water partition coefficient (Wildman–Crippen LogP) is 13.3. The summed E-state index contributed by atoms with van der Waals surface area (Å²) in [7, 11) is 0. The first-order valence-electron chi connectivity index (χ1n) is 41.7. The number of nitrogens with zero attached hydrogens (tertiary/aromatic N) is 5. The van der Waals surface area contributed by atoms with Gasteiger partial charge in [-0.1, -0.05) is 120 Å². The molecular formula is C87H112BrN12O17S4+. The number of carboxylic acids is 1. The zero-order valence-electron chi connectivity index (χ0n) is 69.9. The molecule has 29 nitrogen and oxygen atoms in total. The lowest BCUT2D eigenvalue weighted by Crippen LogP contribution is -2.56. The van der Waals surface area contributed by atoms with E-state index in [0.717, 1.165) is 105 Å². The molecule has 0 spiro atoms. The lowest BCUT2D eigenvalue weighted by molar-refractivity contribution is -0.372. The van der Waals surface area contributed by atoms with Gasteiger partial charge in [0.1, 0.15) is 77.0 Å². The summed E-state index contributed by atoms with van der Waals surface area (Å²) in [6.07, 6.45) is 24.1. The highest BCUT2D eigenvalue weighted by molar-refractivity contribution is 9.09. The normalized spacial score (nSPS) is 25.3. The van der Waals surface area contributed by atoms with E-state index < -0.39 is 95.2 Å². The summed E-state index contributed by atoms with van der Waals surface area (Å²) in [5.41, 5.74) is 4.73. The Balaban J connectivity index is 0.000000212. The number of para-hydroxylation sites is 2. The number of alkyl carbamates (subject to hydrolysis) is 2. The number of thiocarbonyl (C=S) groups is 1. The number of thioether (sulfide) groups is 2. The number of aromatic nitrogens is 3. The zero-order chi connectivity index (χ0) is 87.1. The Morgan fingerprint density at radius 2 is 1.12 bits per heavy atom. The number of aliphatic carboxylic acids is 1. The molecule has 0 bridgehead atoms. The number of carbonyl (C=O) groups is 11. The van der Waals surface area contributed by atoms with Crippen LogP contribution in [0.5, 0.6) is 11.5 Å². The molecule has 2 aromatic carbocycles. The minimum Gasteiger partial charge on any atom is -0.488 e. The molecule has 8 amide bonds. The van der Waals surface area contributed by atoms with Gasteiger partial charge in [-0.2, -0.15) is 0 Å². The van der Waals surface area contributed by atoms with Crippen LogP contribution in [-0.4, -0.2) is 198 Å². The summed E-state index contributed by atoms with van der Waals surface area (Å²) in [5.74, 6) is -4.00. The first-order valence-corrected chi connectivity index (χ1v) is 46.5. The van der Waals surface area contributed by atoms with Crippen LogP contribution in [-0.2, 0) is 52.3 Å². The van der Waals surface area contributed by atoms with Crippen molar-refractivity contribution in [3.8, 4) is 22.9 Å². The third-order valence-electron chi connectivity index (χ3n) is 22.7. The van der Waals surface area contributed by atoms with Crippen molar-refractivity contribution in [3.05, 3.63) is 83.9 Å². The Morgan fingerprint density at radius 1 is 0.645 bits per heavy atom. The Hall–Kier alpha value is -9.12. The molecule has 9 N–H and O–H groups in total. The van der Waals surface area contributed by atoms with Crippen molar-refractivity contribution in [3.63, 3.8) is 0 Å². The number of ketones is 1. The molecule has 4 saturated carbocycles. The predicted molar refractivity (Wildman–Crippen MR) is 471 cm³/mol. The van der Waals surface area contributed by atoms with E-state index in [4.69, 9.17) is 39.1 Å². The second-order valence-electron chi connectivity index (χ2n) is 34.6. The minimum absolute atomic E-state index is 0.0121. The number of nitrogens with one attached hydrogen (secondary N) is 6. The van der Waals surface area contributed by atoms with Crippen LogP contribution in [0.4, 0.5) is 14.7 Å². The Bertz CT molecular complexity index is 4770. The maximum Gasteiger partial charge on any atom is 0.605 e. The largest absolute Gasteiger partial charge is 0.605 e. The van der Waals surface area contributed by atoms with Gasteiger partial charge in [-0.3, -0.25) is 38.0 Å². The van der Waals surface area contributed by atoms with Gasteiger partial charge in [0.25, 0.3) is 0 Å². The second kappa shape index (κ2) is 41.4. The average Bonchev–Trinajstić information content (AvgIpc) is 1.60. The summed E-state index contributed by atoms with van der Waals surface area (Å²) < 4.78 is 29.6. The van der Waals surface area contributed by atoms with Crippen LogP contribution in [0, 0.1) is 22.7 Å². The fourth-order valence-corrected chi connectivity index (χ4v) is 18.7. The Morgan fingerprint density at radius 3 is 1.60 bits per heavy atom. The van der Waals surface area contributed by atoms with Crippen LogP contribution in [0.15, 0.2) is 88.0 Å². The molecule has 7 heterocycles. The number of thiazole rings is 1. The van der Waals surface area contributed by atoms with Gasteiger partial charge >= 0.3 is 24.1 Å². The maximum atomic E-state index is 14.6. The molecule has 2 unspecified atom stereocenters. The van der Waals surface area contributed by atoms with Crippen LogP contribution in [0.2, 0.25) is 0 Å². The molecule has 34 heteroatoms. The van der Waals surface area contributed by atoms with Crippen LogP contribution in [0.3, 0.4) is 0 Å². The van der Waals surface area contributed by atoms with E-state index in [2.05, 4.69) is 71.8 Å². The van der Waals surface area contributed by atoms with Crippen molar-refractivity contribution in [2.45, 2.75) is 265 Å². The fourth-order valence-electron chi connectivity index (χ4n) is 16.4. The lowest BCUT2D eigenvalue weighted by Gasteiger charge is -2.29. The molecule has 4 aliphatic heterocycles. The van der Waals surface area contributed by atoms with Crippen LogP contribution >= 0.6 is 63.0 Å². The van der Waals surface area contributed by atoms with E-state index in [1.165, 1.54) is 44.7 Å². The number of carbonyl (C=O) groups excluding carboxylic acids is 11. The van der Waals surface area contributed by atoms with Crippen molar-refractivity contribution in [1.82, 2.24) is 51.3 Å². The van der Waals surface area contributed by atoms with Crippen molar-refractivity contribution >= 4 is 167 Å². The number of alkyl halides is 1. The first kappa shape index (κ1) is 92.6. The minimum atomic E-state index is -1.47. The number of fused-ring (bicyclic) bond motifs is 6. The summed E-state index contributed by atoms with van der Waals surface area (Å²) >= 11 is 12.1. The highest BCUT2D eigenvalue weighted by atomic mass is 79.9. The second-order valence-corrected chi connectivity index (χ2v) is 38.2. The molecule has 2 saturated heterocycles. The van der Waals surface area contributed by atoms with Gasteiger partial charge in [0.15, 0.2) is 22.8 Å². The van der Waals surface area contributed by atoms with E-state index >= 15 is 0 Å². The van der Waals surface area contributed by atoms with Crippen LogP contribution in [0.25, 0.3) is 33.2 Å². The number of carboxylic acid groups (broad SMARTS) is 1. The van der Waals surface area contributed by atoms with Gasteiger partial charge in [-0.15, -0.1) is 34.9 Å². The smallest absolute Gasteiger partial charge is 0.488 e. The standard InChI is InChI=1S/C43H54N6O8S2.C37H43BrN4O8S.C7H14N2OS/c1-42(2,3)22-35(50)47-40-45-31(24-59-40)30-20-33(28-16-12-18-34(58-4)36(28)44-30)56-27-19-32-37(51)48-43(39(53)54)21-25(43)13-8-6-5-7-9-17-29(38(52)49(32)23-27)46-41(55)57-26-14-10-11-15-26;1-48-35(46)37-19-22(37)11-6-4-3-5-7-15-26(40-36(47)50-23-12-8-9-13-23)34(45)42-21-24(17-28(42)33(44)41-37)49-30-18-27(29(43)20-38)39-32-25(30)14-10-16-31(32)51-2;1-7(2,3)4-5(10)9-6(8)11/h8,12-13,16,18,20,24-27,29,32H,5-7,9-11,14-15,17,19,21-23H2,1-4H3,(H,46,55)(H,48,51)(H,53,54)(H,45,47,50);6,10-11,14,16,18,22-24,26,28H,1,3-5,7-9,12-13,15,17,19-21H2,2H3,(H-,40,41,44,47);4H2,1-3H3,(H3,8,9,10,11)/p+1/b13-8-;11-6-;/t25?,27-,29+,32+,43-;22?,24-,26+,28+,37-;/m11./s1. The molecule has 652 valence electrons.